The van der Waals surface area contributed by atoms with Gasteiger partial charge in [0.05, 0.1) is 6.61 Å². The van der Waals surface area contributed by atoms with E-state index in [0.717, 1.165) is 37.7 Å². The predicted octanol–water partition coefficient (Wildman–Crippen LogP) is 1.75. The Bertz CT molecular complexity index is 408. The highest BCUT2D eigenvalue weighted by molar-refractivity contribution is 5.35. The molecule has 0 aliphatic carbocycles. The molecule has 5 nitrogen and oxygen atoms in total. The maximum absolute atomic E-state index is 5.66. The average Bonchev–Trinajstić information content (AvgIpc) is 2.39. The van der Waals surface area contributed by atoms with Gasteiger partial charge in [-0.2, -0.15) is 4.98 Å². The average molecular weight is 264 g/mol. The van der Waals surface area contributed by atoms with Gasteiger partial charge in [-0.3, -0.25) is 0 Å². The third-order valence-electron chi connectivity index (χ3n) is 3.49. The second-order valence-electron chi connectivity index (χ2n) is 5.11. The molecular formula is C14H24N4O. The lowest BCUT2D eigenvalue weighted by atomic mass is 9.95. The Labute approximate surface area is 115 Å². The Morgan fingerprint density at radius 1 is 1.47 bits per heavy atom. The van der Waals surface area contributed by atoms with Crippen molar-refractivity contribution in [1.82, 2.24) is 9.97 Å². The summed E-state index contributed by atoms with van der Waals surface area (Å²) in [6.07, 6.45) is 3.53. The number of hydrogen-bond acceptors (Lipinski definition) is 5. The molecule has 0 bridgehead atoms. The van der Waals surface area contributed by atoms with Crippen molar-refractivity contribution in [2.75, 3.05) is 31.1 Å². The molecule has 0 radical (unpaired) electrons. The Hall–Kier alpha value is -1.36. The highest BCUT2D eigenvalue weighted by Crippen LogP contribution is 2.24. The molecule has 19 heavy (non-hydrogen) atoms. The summed E-state index contributed by atoms with van der Waals surface area (Å²) in [5, 5.41) is 0. The fourth-order valence-electron chi connectivity index (χ4n) is 2.61. The predicted molar refractivity (Wildman–Crippen MR) is 76.5 cm³/mol. The molecule has 1 unspecified atom stereocenters. The quantitative estimate of drug-likeness (QED) is 0.877. The fraction of sp³-hybridized carbons (Fsp3) is 0.714. The number of aryl methyl sites for hydroxylation is 1. The molecule has 0 spiro atoms. The van der Waals surface area contributed by atoms with Crippen molar-refractivity contribution in [1.29, 1.82) is 0 Å². The van der Waals surface area contributed by atoms with Gasteiger partial charge >= 0.3 is 0 Å². The van der Waals surface area contributed by atoms with Crippen molar-refractivity contribution in [2.45, 2.75) is 33.1 Å². The summed E-state index contributed by atoms with van der Waals surface area (Å²) >= 11 is 0. The minimum atomic E-state index is 0.631. The molecule has 106 valence electrons. The number of nitrogens with two attached hydrogens (primary N) is 1. The highest BCUT2D eigenvalue weighted by Gasteiger charge is 2.21. The number of piperidine rings is 1. The van der Waals surface area contributed by atoms with Crippen LogP contribution < -0.4 is 15.4 Å². The van der Waals surface area contributed by atoms with Gasteiger partial charge in [0.15, 0.2) is 0 Å². The van der Waals surface area contributed by atoms with E-state index >= 15 is 0 Å². The van der Waals surface area contributed by atoms with Crippen LogP contribution in [0, 0.1) is 12.8 Å². The molecule has 0 saturated carbocycles. The molecule has 2 N–H and O–H groups in total. The second-order valence-corrected chi connectivity index (χ2v) is 5.11. The number of rotatable bonds is 5. The summed E-state index contributed by atoms with van der Waals surface area (Å²) in [6, 6.07) is 1.88. The Kier molecular flexibility index (Phi) is 4.96. The van der Waals surface area contributed by atoms with Crippen molar-refractivity contribution >= 4 is 5.95 Å². The van der Waals surface area contributed by atoms with E-state index in [4.69, 9.17) is 10.5 Å². The first-order valence-corrected chi connectivity index (χ1v) is 7.16. The molecule has 1 aliphatic heterocycles. The summed E-state index contributed by atoms with van der Waals surface area (Å²) < 4.78 is 5.49. The van der Waals surface area contributed by atoms with E-state index < -0.39 is 0 Å². The Morgan fingerprint density at radius 3 is 3.05 bits per heavy atom. The molecule has 2 heterocycles. The number of hydrogen-bond donors (Lipinski definition) is 1. The summed E-state index contributed by atoms with van der Waals surface area (Å²) in [5.41, 5.74) is 6.61. The molecule has 0 aromatic carbocycles. The zero-order valence-corrected chi connectivity index (χ0v) is 11.9. The number of nitrogens with zero attached hydrogens (tertiary/aromatic N) is 3. The van der Waals surface area contributed by atoms with Crippen LogP contribution in [0.1, 0.15) is 31.9 Å². The van der Waals surface area contributed by atoms with Crippen LogP contribution >= 0.6 is 0 Å². The van der Waals surface area contributed by atoms with E-state index in [-0.39, 0.29) is 0 Å². The first kappa shape index (κ1) is 14.1. The van der Waals surface area contributed by atoms with Crippen molar-refractivity contribution in [3.05, 3.63) is 11.8 Å². The van der Waals surface area contributed by atoms with Gasteiger partial charge in [-0.05, 0) is 45.6 Å². The summed E-state index contributed by atoms with van der Waals surface area (Å²) in [7, 11) is 0. The van der Waals surface area contributed by atoms with Gasteiger partial charge < -0.3 is 15.4 Å². The Morgan fingerprint density at radius 2 is 2.32 bits per heavy atom. The summed E-state index contributed by atoms with van der Waals surface area (Å²) in [6.45, 7) is 7.37. The number of anilines is 1. The van der Waals surface area contributed by atoms with Gasteiger partial charge in [0.2, 0.25) is 11.8 Å². The first-order valence-electron chi connectivity index (χ1n) is 7.16. The van der Waals surface area contributed by atoms with Crippen LogP contribution in [-0.2, 0) is 0 Å². The third-order valence-corrected chi connectivity index (χ3v) is 3.49. The number of ether oxygens (including phenoxy) is 1. The van der Waals surface area contributed by atoms with Gasteiger partial charge in [0.25, 0.3) is 0 Å². The van der Waals surface area contributed by atoms with Crippen LogP contribution in [-0.4, -0.2) is 36.2 Å². The molecule has 1 aliphatic rings. The van der Waals surface area contributed by atoms with Gasteiger partial charge in [-0.15, -0.1) is 0 Å². The lowest BCUT2D eigenvalue weighted by Crippen LogP contribution is -2.37. The van der Waals surface area contributed by atoms with Crippen LogP contribution in [0.5, 0.6) is 5.88 Å². The minimum absolute atomic E-state index is 0.631. The third kappa shape index (κ3) is 3.80. The van der Waals surface area contributed by atoms with Gasteiger partial charge in [-0.1, -0.05) is 0 Å². The van der Waals surface area contributed by atoms with Crippen LogP contribution in [0.4, 0.5) is 5.95 Å². The first-order chi connectivity index (χ1) is 9.22. The van der Waals surface area contributed by atoms with Crippen molar-refractivity contribution < 1.29 is 4.74 Å². The van der Waals surface area contributed by atoms with E-state index in [1.807, 2.05) is 19.9 Å². The molecule has 1 saturated heterocycles. The SMILES string of the molecule is CCOc1cc(C)nc(N2CCCC(CCN)C2)n1. The molecule has 2 rings (SSSR count). The maximum Gasteiger partial charge on any atom is 0.228 e. The topological polar surface area (TPSA) is 64.3 Å². The normalized spacial score (nSPS) is 19.5. The lowest BCUT2D eigenvalue weighted by molar-refractivity contribution is 0.324. The van der Waals surface area contributed by atoms with Crippen molar-refractivity contribution in [3.8, 4) is 5.88 Å². The van der Waals surface area contributed by atoms with Crippen molar-refractivity contribution in [2.24, 2.45) is 11.7 Å². The van der Waals surface area contributed by atoms with Crippen LogP contribution in [0.3, 0.4) is 0 Å². The maximum atomic E-state index is 5.66. The molecule has 1 atom stereocenters. The summed E-state index contributed by atoms with van der Waals surface area (Å²) in [4.78, 5) is 11.3. The molecule has 1 aromatic heterocycles. The fourth-order valence-corrected chi connectivity index (χ4v) is 2.61. The van der Waals surface area contributed by atoms with Crippen LogP contribution in [0.25, 0.3) is 0 Å². The largest absolute Gasteiger partial charge is 0.478 e. The lowest BCUT2D eigenvalue weighted by Gasteiger charge is -2.32. The number of aromatic nitrogens is 2. The van der Waals surface area contributed by atoms with E-state index in [1.54, 1.807) is 0 Å². The van der Waals surface area contributed by atoms with Gasteiger partial charge in [0.1, 0.15) is 0 Å². The highest BCUT2D eigenvalue weighted by atomic mass is 16.5. The van der Waals surface area contributed by atoms with Crippen LogP contribution in [0.15, 0.2) is 6.07 Å². The molecule has 5 heteroatoms. The zero-order chi connectivity index (χ0) is 13.7. The van der Waals surface area contributed by atoms with Crippen LogP contribution in [0.2, 0.25) is 0 Å². The second kappa shape index (κ2) is 6.70. The van der Waals surface area contributed by atoms with E-state index in [1.165, 1.54) is 12.8 Å². The van der Waals surface area contributed by atoms with E-state index in [0.29, 0.717) is 18.4 Å². The molecular weight excluding hydrogens is 240 g/mol. The minimum Gasteiger partial charge on any atom is -0.478 e. The monoisotopic (exact) mass is 264 g/mol. The van der Waals surface area contributed by atoms with E-state index in [9.17, 15) is 0 Å². The molecule has 1 aromatic rings. The summed E-state index contributed by atoms with van der Waals surface area (Å²) in [5.74, 6) is 2.13. The standard InChI is InChI=1S/C14H24N4O/c1-3-19-13-9-11(2)16-14(17-13)18-8-4-5-12(10-18)6-7-15/h9,12H,3-8,10,15H2,1-2H3. The Balaban J connectivity index is 2.11. The van der Waals surface area contributed by atoms with Crippen molar-refractivity contribution in [3.63, 3.8) is 0 Å². The smallest absolute Gasteiger partial charge is 0.228 e. The van der Waals surface area contributed by atoms with Gasteiger partial charge in [-0.25, -0.2) is 4.98 Å². The van der Waals surface area contributed by atoms with E-state index in [2.05, 4.69) is 14.9 Å². The van der Waals surface area contributed by atoms with Gasteiger partial charge in [0, 0.05) is 24.8 Å². The molecule has 0 amide bonds. The zero-order valence-electron chi connectivity index (χ0n) is 11.9. The molecule has 1 fully saturated rings.